The van der Waals surface area contributed by atoms with Gasteiger partial charge in [0.05, 0.1) is 18.4 Å². The Bertz CT molecular complexity index is 721. The Labute approximate surface area is 120 Å². The van der Waals surface area contributed by atoms with E-state index in [2.05, 4.69) is 4.98 Å². The number of hydrogen-bond donors (Lipinski definition) is 1. The van der Waals surface area contributed by atoms with Crippen molar-refractivity contribution in [3.05, 3.63) is 53.3 Å². The highest BCUT2D eigenvalue weighted by molar-refractivity contribution is 7.15. The number of benzene rings is 1. The smallest absolute Gasteiger partial charge is 0.193 e. The van der Waals surface area contributed by atoms with Crippen molar-refractivity contribution in [2.45, 2.75) is 18.4 Å². The average Bonchev–Trinajstić information content (AvgIpc) is 3.10. The van der Waals surface area contributed by atoms with Crippen LogP contribution in [0, 0.1) is 0 Å². The van der Waals surface area contributed by atoms with Gasteiger partial charge in [-0.2, -0.15) is 0 Å². The summed E-state index contributed by atoms with van der Waals surface area (Å²) in [6.07, 6.45) is 4.05. The number of thiazole rings is 1. The first kappa shape index (κ1) is 11.9. The van der Waals surface area contributed by atoms with Gasteiger partial charge in [-0.3, -0.25) is 4.40 Å². The Morgan fingerprint density at radius 1 is 1.45 bits per heavy atom. The van der Waals surface area contributed by atoms with Gasteiger partial charge in [-0.1, -0.05) is 18.2 Å². The summed E-state index contributed by atoms with van der Waals surface area (Å²) >= 11 is 1.60. The zero-order chi connectivity index (χ0) is 13.5. The molecule has 1 aliphatic heterocycles. The Morgan fingerprint density at radius 3 is 3.25 bits per heavy atom. The number of ether oxygens (including phenoxy) is 1. The van der Waals surface area contributed by atoms with Crippen LogP contribution in [0.5, 0.6) is 5.75 Å². The van der Waals surface area contributed by atoms with E-state index in [0.717, 1.165) is 22.0 Å². The second-order valence-corrected chi connectivity index (χ2v) is 5.92. The normalized spacial score (nSPS) is 18.9. The minimum atomic E-state index is -0.469. The van der Waals surface area contributed by atoms with Gasteiger partial charge in [-0.25, -0.2) is 4.98 Å². The van der Waals surface area contributed by atoms with Gasteiger partial charge in [0.1, 0.15) is 5.75 Å². The number of rotatable bonds is 3. The summed E-state index contributed by atoms with van der Waals surface area (Å²) in [6, 6.07) is 7.92. The van der Waals surface area contributed by atoms with E-state index in [1.165, 1.54) is 0 Å². The van der Waals surface area contributed by atoms with Crippen molar-refractivity contribution >= 4 is 16.3 Å². The maximum absolute atomic E-state index is 10.5. The molecule has 0 saturated carbocycles. The number of aliphatic hydroxyl groups excluding tert-OH is 1. The van der Waals surface area contributed by atoms with Gasteiger partial charge in [-0.05, 0) is 6.07 Å². The molecule has 2 aromatic heterocycles. The van der Waals surface area contributed by atoms with Crippen molar-refractivity contribution in [3.8, 4) is 5.75 Å². The number of aromatic nitrogens is 2. The van der Waals surface area contributed by atoms with Crippen LogP contribution >= 0.6 is 11.3 Å². The van der Waals surface area contributed by atoms with E-state index in [4.69, 9.17) is 4.74 Å². The summed E-state index contributed by atoms with van der Waals surface area (Å²) in [7, 11) is 0. The first-order chi connectivity index (χ1) is 9.81. The van der Waals surface area contributed by atoms with Crippen LogP contribution in [0.2, 0.25) is 0 Å². The molecule has 1 N–H and O–H groups in total. The summed E-state index contributed by atoms with van der Waals surface area (Å²) in [5, 5.41) is 12.5. The minimum Gasteiger partial charge on any atom is -0.493 e. The molecule has 2 unspecified atom stereocenters. The van der Waals surface area contributed by atoms with Crippen LogP contribution < -0.4 is 4.74 Å². The molecule has 1 aromatic carbocycles. The van der Waals surface area contributed by atoms with Crippen molar-refractivity contribution in [2.24, 2.45) is 0 Å². The third kappa shape index (κ3) is 1.90. The molecule has 0 fully saturated rings. The monoisotopic (exact) mass is 286 g/mol. The van der Waals surface area contributed by atoms with Gasteiger partial charge >= 0.3 is 0 Å². The number of nitrogens with zero attached hydrogens (tertiary/aromatic N) is 2. The lowest BCUT2D eigenvalue weighted by Crippen LogP contribution is -2.22. The van der Waals surface area contributed by atoms with Gasteiger partial charge in [0, 0.05) is 35.7 Å². The number of hydrogen-bond acceptors (Lipinski definition) is 4. The molecule has 3 aromatic rings. The fourth-order valence-corrected chi connectivity index (χ4v) is 3.46. The summed E-state index contributed by atoms with van der Waals surface area (Å²) in [6.45, 7) is 0.544. The fourth-order valence-electron chi connectivity index (χ4n) is 2.74. The van der Waals surface area contributed by atoms with Gasteiger partial charge in [0.15, 0.2) is 4.96 Å². The van der Waals surface area contributed by atoms with E-state index in [1.54, 1.807) is 11.3 Å². The number of para-hydroxylation sites is 1. The number of fused-ring (bicyclic) bond motifs is 2. The highest BCUT2D eigenvalue weighted by Crippen LogP contribution is 2.36. The van der Waals surface area contributed by atoms with Crippen molar-refractivity contribution < 1.29 is 9.84 Å². The summed E-state index contributed by atoms with van der Waals surface area (Å²) in [5.74, 6) is 0.924. The molecule has 3 heterocycles. The van der Waals surface area contributed by atoms with E-state index in [1.807, 2.05) is 46.4 Å². The predicted octanol–water partition coefficient (Wildman–Crippen LogP) is 2.48. The van der Waals surface area contributed by atoms with Crippen LogP contribution in [0.1, 0.15) is 17.2 Å². The Morgan fingerprint density at radius 2 is 2.35 bits per heavy atom. The Kier molecular flexibility index (Phi) is 2.75. The van der Waals surface area contributed by atoms with Crippen molar-refractivity contribution in [1.82, 2.24) is 9.38 Å². The molecule has 0 saturated heterocycles. The molecule has 0 spiro atoms. The molecular weight excluding hydrogens is 272 g/mol. The van der Waals surface area contributed by atoms with Gasteiger partial charge in [0.2, 0.25) is 0 Å². The second kappa shape index (κ2) is 4.61. The van der Waals surface area contributed by atoms with Gasteiger partial charge in [-0.15, -0.1) is 11.3 Å². The lowest BCUT2D eigenvalue weighted by Gasteiger charge is -2.15. The molecule has 2 atom stereocenters. The number of aliphatic hydroxyl groups is 1. The molecule has 0 amide bonds. The minimum absolute atomic E-state index is 0.0333. The summed E-state index contributed by atoms with van der Waals surface area (Å²) in [4.78, 5) is 5.49. The Hall–Kier alpha value is -1.85. The predicted molar refractivity (Wildman–Crippen MR) is 77.5 cm³/mol. The summed E-state index contributed by atoms with van der Waals surface area (Å²) in [5.41, 5.74) is 2.02. The van der Waals surface area contributed by atoms with Crippen molar-refractivity contribution in [1.29, 1.82) is 0 Å². The highest BCUT2D eigenvalue weighted by atomic mass is 32.1. The highest BCUT2D eigenvalue weighted by Gasteiger charge is 2.30. The maximum Gasteiger partial charge on any atom is 0.193 e. The van der Waals surface area contributed by atoms with Crippen LogP contribution in [-0.2, 0) is 6.42 Å². The molecule has 0 radical (unpaired) electrons. The van der Waals surface area contributed by atoms with Crippen LogP contribution in [0.4, 0.5) is 0 Å². The van der Waals surface area contributed by atoms with Crippen LogP contribution in [0.15, 0.2) is 42.0 Å². The maximum atomic E-state index is 10.5. The molecule has 0 bridgehead atoms. The largest absolute Gasteiger partial charge is 0.493 e. The lowest BCUT2D eigenvalue weighted by molar-refractivity contribution is 0.128. The zero-order valence-corrected chi connectivity index (χ0v) is 11.6. The van der Waals surface area contributed by atoms with Crippen molar-refractivity contribution in [2.75, 3.05) is 6.61 Å². The zero-order valence-electron chi connectivity index (χ0n) is 10.8. The van der Waals surface area contributed by atoms with E-state index in [-0.39, 0.29) is 5.92 Å². The molecular formula is C15H14N2O2S. The molecule has 5 heteroatoms. The molecule has 4 rings (SSSR count). The summed E-state index contributed by atoms with van der Waals surface area (Å²) < 4.78 is 7.62. The first-order valence-corrected chi connectivity index (χ1v) is 7.50. The number of imidazole rings is 1. The third-order valence-corrected chi connectivity index (χ3v) is 4.53. The van der Waals surface area contributed by atoms with Gasteiger partial charge in [0.25, 0.3) is 0 Å². The van der Waals surface area contributed by atoms with Crippen LogP contribution in [0.25, 0.3) is 4.96 Å². The van der Waals surface area contributed by atoms with E-state index < -0.39 is 6.10 Å². The fraction of sp³-hybridized carbons (Fsp3) is 0.267. The molecule has 0 aliphatic carbocycles. The van der Waals surface area contributed by atoms with Crippen LogP contribution in [0.3, 0.4) is 0 Å². The van der Waals surface area contributed by atoms with Gasteiger partial charge < -0.3 is 9.84 Å². The van der Waals surface area contributed by atoms with E-state index >= 15 is 0 Å². The molecule has 102 valence electrons. The first-order valence-electron chi connectivity index (χ1n) is 6.62. The molecule has 20 heavy (non-hydrogen) atoms. The SMILES string of the molecule is OC(Cc1cn2ccsc2n1)C1COc2ccccc21. The second-order valence-electron chi connectivity index (χ2n) is 5.05. The quantitative estimate of drug-likeness (QED) is 0.804. The Balaban J connectivity index is 1.56. The van der Waals surface area contributed by atoms with Crippen LogP contribution in [-0.4, -0.2) is 27.2 Å². The standard InChI is InChI=1S/C15H14N2O2S/c18-13(7-10-8-17-5-6-20-15(17)16-10)12-9-19-14-4-2-1-3-11(12)14/h1-6,8,12-13,18H,7,9H2. The van der Waals surface area contributed by atoms with Crippen molar-refractivity contribution in [3.63, 3.8) is 0 Å². The van der Waals surface area contributed by atoms with E-state index in [0.29, 0.717) is 13.0 Å². The topological polar surface area (TPSA) is 46.8 Å². The lowest BCUT2D eigenvalue weighted by atomic mass is 9.93. The molecule has 1 aliphatic rings. The average molecular weight is 286 g/mol. The molecule has 4 nitrogen and oxygen atoms in total. The third-order valence-electron chi connectivity index (χ3n) is 3.76. The van der Waals surface area contributed by atoms with E-state index in [9.17, 15) is 5.11 Å².